The van der Waals surface area contributed by atoms with E-state index < -0.39 is 17.8 Å². The zero-order chi connectivity index (χ0) is 22.9. The lowest BCUT2D eigenvalue weighted by Crippen LogP contribution is -2.46. The predicted octanol–water partition coefficient (Wildman–Crippen LogP) is 5.14. The molecule has 1 saturated heterocycles. The number of Topliss-reactive ketones (excluding diaryl/α,β-unsaturated/α-hetero) is 1. The largest absolute Gasteiger partial charge is 0.342 e. The fourth-order valence-corrected chi connectivity index (χ4v) is 4.72. The SMILES string of the molecule is CCC(=O)[C@H](NC(=O)c1ccccc1F)C1CCCCC1.O=C(C1CC1)N1CCCCC1.[HH]. The van der Waals surface area contributed by atoms with Gasteiger partial charge in [0.25, 0.3) is 5.91 Å². The number of ketones is 1. The van der Waals surface area contributed by atoms with Gasteiger partial charge in [-0.15, -0.1) is 0 Å². The van der Waals surface area contributed by atoms with Crippen molar-refractivity contribution in [1.29, 1.82) is 0 Å². The van der Waals surface area contributed by atoms with Crippen LogP contribution in [0.2, 0.25) is 0 Å². The zero-order valence-corrected chi connectivity index (χ0v) is 19.3. The highest BCUT2D eigenvalue weighted by molar-refractivity contribution is 5.98. The lowest BCUT2D eigenvalue weighted by Gasteiger charge is -2.29. The molecule has 3 aliphatic rings. The molecule has 2 aliphatic carbocycles. The first-order chi connectivity index (χ1) is 15.5. The van der Waals surface area contributed by atoms with E-state index in [-0.39, 0.29) is 18.7 Å². The summed E-state index contributed by atoms with van der Waals surface area (Å²) in [6.07, 6.45) is 11.7. The third-order valence-electron chi connectivity index (χ3n) is 6.82. The van der Waals surface area contributed by atoms with Crippen molar-refractivity contribution >= 4 is 17.6 Å². The topological polar surface area (TPSA) is 66.5 Å². The highest BCUT2D eigenvalue weighted by Crippen LogP contribution is 2.31. The Hall–Kier alpha value is -2.24. The molecule has 1 aromatic rings. The summed E-state index contributed by atoms with van der Waals surface area (Å²) in [7, 11) is 0. The van der Waals surface area contributed by atoms with Gasteiger partial charge >= 0.3 is 0 Å². The molecular weight excluding hydrogens is 407 g/mol. The van der Waals surface area contributed by atoms with Gasteiger partial charge in [0.1, 0.15) is 5.82 Å². The van der Waals surface area contributed by atoms with Crippen LogP contribution in [-0.2, 0) is 9.59 Å². The van der Waals surface area contributed by atoms with Gasteiger partial charge in [-0.2, -0.15) is 0 Å². The van der Waals surface area contributed by atoms with Crippen molar-refractivity contribution in [2.45, 2.75) is 83.6 Å². The van der Waals surface area contributed by atoms with E-state index >= 15 is 0 Å². The summed E-state index contributed by atoms with van der Waals surface area (Å²) in [5.41, 5.74) is 0.00205. The van der Waals surface area contributed by atoms with Crippen LogP contribution in [0, 0.1) is 17.7 Å². The van der Waals surface area contributed by atoms with Crippen LogP contribution in [0.1, 0.15) is 89.3 Å². The van der Waals surface area contributed by atoms with Crippen LogP contribution in [-0.4, -0.2) is 41.6 Å². The van der Waals surface area contributed by atoms with Crippen molar-refractivity contribution in [1.82, 2.24) is 10.2 Å². The van der Waals surface area contributed by atoms with Gasteiger partial charge < -0.3 is 10.2 Å². The predicted molar refractivity (Wildman–Crippen MR) is 125 cm³/mol. The Morgan fingerprint density at radius 2 is 1.62 bits per heavy atom. The van der Waals surface area contributed by atoms with Crippen molar-refractivity contribution in [3.8, 4) is 0 Å². The van der Waals surface area contributed by atoms with Crippen LogP contribution < -0.4 is 5.32 Å². The number of likely N-dealkylation sites (tertiary alicyclic amines) is 1. The van der Waals surface area contributed by atoms with Crippen LogP contribution in [0.25, 0.3) is 0 Å². The van der Waals surface area contributed by atoms with Crippen molar-refractivity contribution < 1.29 is 20.2 Å². The highest BCUT2D eigenvalue weighted by Gasteiger charge is 2.33. The van der Waals surface area contributed by atoms with E-state index in [1.165, 1.54) is 37.8 Å². The maximum atomic E-state index is 13.7. The molecule has 1 aromatic carbocycles. The van der Waals surface area contributed by atoms with E-state index in [9.17, 15) is 18.8 Å². The van der Waals surface area contributed by atoms with Crippen LogP contribution >= 0.6 is 0 Å². The first kappa shape index (κ1) is 24.4. The maximum absolute atomic E-state index is 13.7. The second-order valence-electron chi connectivity index (χ2n) is 9.31. The van der Waals surface area contributed by atoms with Gasteiger partial charge in [-0.3, -0.25) is 14.4 Å². The monoisotopic (exact) mass is 446 g/mol. The molecule has 0 bridgehead atoms. The number of amides is 2. The van der Waals surface area contributed by atoms with Gasteiger partial charge in [0.2, 0.25) is 5.91 Å². The van der Waals surface area contributed by atoms with Gasteiger partial charge in [-0.05, 0) is 63.0 Å². The molecule has 4 rings (SSSR count). The van der Waals surface area contributed by atoms with Gasteiger partial charge in [0.05, 0.1) is 11.6 Å². The number of nitrogens with one attached hydrogen (secondary N) is 1. The van der Waals surface area contributed by atoms with E-state index in [0.717, 1.165) is 51.6 Å². The third-order valence-corrected chi connectivity index (χ3v) is 6.82. The maximum Gasteiger partial charge on any atom is 0.254 e. The Balaban J connectivity index is 0.000000270. The summed E-state index contributed by atoms with van der Waals surface area (Å²) in [6.45, 7) is 3.85. The molecule has 2 amide bonds. The number of rotatable bonds is 6. The molecule has 32 heavy (non-hydrogen) atoms. The number of carbonyl (C=O) groups excluding carboxylic acids is 3. The molecule has 0 spiro atoms. The summed E-state index contributed by atoms with van der Waals surface area (Å²) >= 11 is 0. The van der Waals surface area contributed by atoms with Gasteiger partial charge in [0, 0.05) is 26.9 Å². The second-order valence-corrected chi connectivity index (χ2v) is 9.31. The Bertz CT molecular complexity index is 787. The summed E-state index contributed by atoms with van der Waals surface area (Å²) in [5, 5.41) is 2.77. The number of hydrogen-bond donors (Lipinski definition) is 1. The van der Waals surface area contributed by atoms with Gasteiger partial charge in [-0.1, -0.05) is 38.3 Å². The molecule has 3 fully saturated rings. The lowest BCUT2D eigenvalue weighted by molar-refractivity contribution is -0.133. The van der Waals surface area contributed by atoms with Crippen molar-refractivity contribution in [3.05, 3.63) is 35.6 Å². The highest BCUT2D eigenvalue weighted by atomic mass is 19.1. The Labute approximate surface area is 192 Å². The quantitative estimate of drug-likeness (QED) is 0.658. The molecule has 6 heteroatoms. The minimum Gasteiger partial charge on any atom is -0.342 e. The molecule has 1 N–H and O–H groups in total. The molecule has 1 heterocycles. The van der Waals surface area contributed by atoms with Crippen LogP contribution in [0.5, 0.6) is 0 Å². The number of halogens is 1. The average molecular weight is 447 g/mol. The summed E-state index contributed by atoms with van der Waals surface area (Å²) in [6, 6.07) is 5.38. The Kier molecular flexibility index (Phi) is 9.24. The van der Waals surface area contributed by atoms with Crippen molar-refractivity contribution in [2.75, 3.05) is 13.1 Å². The van der Waals surface area contributed by atoms with Gasteiger partial charge in [0.15, 0.2) is 5.78 Å². The molecule has 1 atom stereocenters. The van der Waals surface area contributed by atoms with E-state index in [1.54, 1.807) is 19.1 Å². The molecule has 178 valence electrons. The number of piperidine rings is 1. The van der Waals surface area contributed by atoms with Crippen molar-refractivity contribution in [3.63, 3.8) is 0 Å². The molecule has 0 radical (unpaired) electrons. The van der Waals surface area contributed by atoms with E-state index in [2.05, 4.69) is 10.2 Å². The van der Waals surface area contributed by atoms with E-state index in [4.69, 9.17) is 0 Å². The minimum absolute atomic E-state index is 0. The molecule has 1 aliphatic heterocycles. The van der Waals surface area contributed by atoms with Crippen LogP contribution in [0.15, 0.2) is 24.3 Å². The zero-order valence-electron chi connectivity index (χ0n) is 19.3. The minimum atomic E-state index is -0.554. The average Bonchev–Trinajstić information content (AvgIpc) is 3.69. The summed E-state index contributed by atoms with van der Waals surface area (Å²) in [4.78, 5) is 37.9. The molecule has 0 aromatic heterocycles. The normalized spacial score (nSPS) is 20.0. The molecule has 0 unspecified atom stereocenters. The lowest BCUT2D eigenvalue weighted by atomic mass is 9.81. The summed E-state index contributed by atoms with van der Waals surface area (Å²) in [5.74, 6) is 0.0260. The first-order valence-electron chi connectivity index (χ1n) is 12.4. The fraction of sp³-hybridized carbons (Fsp3) is 0.654. The molecular formula is C26H39FN2O3. The number of benzene rings is 1. The Morgan fingerprint density at radius 1 is 1.00 bits per heavy atom. The third kappa shape index (κ3) is 6.88. The van der Waals surface area contributed by atoms with E-state index in [1.807, 2.05) is 0 Å². The molecule has 2 saturated carbocycles. The summed E-state index contributed by atoms with van der Waals surface area (Å²) < 4.78 is 13.7. The second kappa shape index (κ2) is 12.1. The standard InChI is InChI=1S/C17H22FNO2.C9H15NO.H2/c1-2-15(20)16(12-8-4-3-5-9-12)19-17(21)13-10-6-7-11-14(13)18;11-9(8-4-5-8)10-6-2-1-3-7-10;/h6-7,10-12,16H,2-5,8-9H2,1H3,(H,19,21);8H,1-7H2;1H/t16-;;/m1../s1. The smallest absolute Gasteiger partial charge is 0.254 e. The first-order valence-corrected chi connectivity index (χ1v) is 12.4. The van der Waals surface area contributed by atoms with E-state index in [0.29, 0.717) is 18.2 Å². The van der Waals surface area contributed by atoms with Crippen LogP contribution in [0.3, 0.4) is 0 Å². The number of hydrogen-bond acceptors (Lipinski definition) is 3. The number of nitrogens with zero attached hydrogens (tertiary/aromatic N) is 1. The van der Waals surface area contributed by atoms with Gasteiger partial charge in [-0.25, -0.2) is 4.39 Å². The Morgan fingerprint density at radius 3 is 2.22 bits per heavy atom. The number of carbonyl (C=O) groups is 3. The molecule has 5 nitrogen and oxygen atoms in total. The van der Waals surface area contributed by atoms with Crippen LogP contribution in [0.4, 0.5) is 4.39 Å². The van der Waals surface area contributed by atoms with Crippen molar-refractivity contribution in [2.24, 2.45) is 11.8 Å². The fourth-order valence-electron chi connectivity index (χ4n) is 4.72.